The van der Waals surface area contributed by atoms with Gasteiger partial charge in [0, 0.05) is 25.6 Å². The molecule has 1 rings (SSSR count). The van der Waals surface area contributed by atoms with Crippen molar-refractivity contribution in [2.45, 2.75) is 13.8 Å². The van der Waals surface area contributed by atoms with Crippen molar-refractivity contribution >= 4 is 29.1 Å². The summed E-state index contributed by atoms with van der Waals surface area (Å²) >= 11 is 4.98. The molecule has 19 heavy (non-hydrogen) atoms. The lowest BCUT2D eigenvalue weighted by atomic mass is 10.1. The summed E-state index contributed by atoms with van der Waals surface area (Å²) in [6.07, 6.45) is 0. The van der Waals surface area contributed by atoms with Crippen molar-refractivity contribution in [1.82, 2.24) is 16.0 Å². The lowest BCUT2D eigenvalue weighted by Gasteiger charge is -2.09. The molecule has 2 amide bonds. The van der Waals surface area contributed by atoms with Gasteiger partial charge in [0.15, 0.2) is 5.11 Å². The minimum Gasteiger partial charge on any atom is -0.361 e. The van der Waals surface area contributed by atoms with Crippen LogP contribution in [-0.2, 0) is 4.79 Å². The average molecular weight is 279 g/mol. The molecule has 102 valence electrons. The summed E-state index contributed by atoms with van der Waals surface area (Å²) in [5, 5.41) is 8.27. The molecule has 0 fully saturated rings. The molecule has 1 aromatic carbocycles. The van der Waals surface area contributed by atoms with Crippen molar-refractivity contribution in [3.8, 4) is 0 Å². The van der Waals surface area contributed by atoms with Crippen molar-refractivity contribution in [2.24, 2.45) is 0 Å². The maximum atomic E-state index is 11.8. The highest BCUT2D eigenvalue weighted by Gasteiger charge is 2.06. The van der Waals surface area contributed by atoms with Gasteiger partial charge >= 0.3 is 0 Å². The molecule has 0 radical (unpaired) electrons. The molecule has 0 aliphatic rings. The number of hydrogen-bond donors (Lipinski definition) is 3. The first-order valence-corrected chi connectivity index (χ1v) is 6.30. The molecular weight excluding hydrogens is 262 g/mol. The molecule has 0 aromatic heterocycles. The quantitative estimate of drug-likeness (QED) is 0.561. The smallest absolute Gasteiger partial charge is 0.257 e. The lowest BCUT2D eigenvalue weighted by Crippen LogP contribution is -2.42. The van der Waals surface area contributed by atoms with Crippen LogP contribution in [0, 0.1) is 6.92 Å². The average Bonchev–Trinajstić information content (AvgIpc) is 2.35. The monoisotopic (exact) mass is 279 g/mol. The van der Waals surface area contributed by atoms with Gasteiger partial charge in [0.25, 0.3) is 5.91 Å². The summed E-state index contributed by atoms with van der Waals surface area (Å²) < 4.78 is 0. The van der Waals surface area contributed by atoms with E-state index in [0.717, 1.165) is 5.56 Å². The molecular formula is C13H17N3O2S. The van der Waals surface area contributed by atoms with Crippen LogP contribution in [-0.4, -0.2) is 30.0 Å². The number of hydrogen-bond acceptors (Lipinski definition) is 3. The Morgan fingerprint density at radius 3 is 2.26 bits per heavy atom. The summed E-state index contributed by atoms with van der Waals surface area (Å²) in [6.45, 7) is 4.32. The Morgan fingerprint density at radius 2 is 1.68 bits per heavy atom. The highest BCUT2D eigenvalue weighted by Crippen LogP contribution is 2.02. The molecule has 0 atom stereocenters. The first-order valence-electron chi connectivity index (χ1n) is 5.89. The van der Waals surface area contributed by atoms with Crippen LogP contribution in [0.2, 0.25) is 0 Å². The Balaban J connectivity index is 2.34. The third kappa shape index (κ3) is 5.96. The second-order valence-corrected chi connectivity index (χ2v) is 4.47. The highest BCUT2D eigenvalue weighted by molar-refractivity contribution is 7.80. The Hall–Kier alpha value is -1.95. The van der Waals surface area contributed by atoms with Gasteiger partial charge in [-0.2, -0.15) is 0 Å². The van der Waals surface area contributed by atoms with E-state index in [9.17, 15) is 9.59 Å². The van der Waals surface area contributed by atoms with Gasteiger partial charge < -0.3 is 10.6 Å². The topological polar surface area (TPSA) is 70.2 Å². The number of thiocarbonyl (C=S) groups is 1. The van der Waals surface area contributed by atoms with Gasteiger partial charge in [-0.05, 0) is 31.3 Å². The van der Waals surface area contributed by atoms with Gasteiger partial charge in [-0.3, -0.25) is 14.9 Å². The molecule has 0 heterocycles. The zero-order valence-corrected chi connectivity index (χ0v) is 11.8. The van der Waals surface area contributed by atoms with E-state index in [1.165, 1.54) is 6.92 Å². The molecule has 0 saturated carbocycles. The standard InChI is InChI=1S/C13H17N3O2S/c1-9-3-5-11(6-4-9)12(18)16-13(19)15-8-7-14-10(2)17/h3-6H,7-8H2,1-2H3,(H,14,17)(H2,15,16,18,19). The Kier molecular flexibility index (Phi) is 5.95. The van der Waals surface area contributed by atoms with Gasteiger partial charge in [-0.1, -0.05) is 17.7 Å². The van der Waals surface area contributed by atoms with Gasteiger partial charge in [0.1, 0.15) is 0 Å². The van der Waals surface area contributed by atoms with Gasteiger partial charge in [-0.15, -0.1) is 0 Å². The normalized spacial score (nSPS) is 9.58. The van der Waals surface area contributed by atoms with Crippen molar-refractivity contribution in [1.29, 1.82) is 0 Å². The predicted octanol–water partition coefficient (Wildman–Crippen LogP) is 0.735. The summed E-state index contributed by atoms with van der Waals surface area (Å²) in [5.41, 5.74) is 1.64. The van der Waals surface area contributed by atoms with Gasteiger partial charge in [-0.25, -0.2) is 0 Å². The number of carbonyl (C=O) groups is 2. The summed E-state index contributed by atoms with van der Waals surface area (Å²) in [4.78, 5) is 22.4. The van der Waals surface area contributed by atoms with E-state index < -0.39 is 0 Å². The first-order chi connectivity index (χ1) is 8.99. The van der Waals surface area contributed by atoms with Crippen LogP contribution in [0.3, 0.4) is 0 Å². The maximum absolute atomic E-state index is 11.8. The Bertz CT molecular complexity index is 471. The predicted molar refractivity (Wildman–Crippen MR) is 77.9 cm³/mol. The van der Waals surface area contributed by atoms with E-state index in [4.69, 9.17) is 12.2 Å². The first kappa shape index (κ1) is 15.1. The molecule has 0 saturated heterocycles. The van der Waals surface area contributed by atoms with Crippen LogP contribution < -0.4 is 16.0 Å². The van der Waals surface area contributed by atoms with Crippen LogP contribution in [0.5, 0.6) is 0 Å². The fourth-order valence-electron chi connectivity index (χ4n) is 1.34. The summed E-state index contributed by atoms with van der Waals surface area (Å²) in [6, 6.07) is 7.21. The second kappa shape index (κ2) is 7.48. The van der Waals surface area contributed by atoms with E-state index in [0.29, 0.717) is 18.7 Å². The molecule has 0 spiro atoms. The number of benzene rings is 1. The van der Waals surface area contributed by atoms with Gasteiger partial charge in [0.05, 0.1) is 0 Å². The molecule has 6 heteroatoms. The zero-order chi connectivity index (χ0) is 14.3. The molecule has 0 unspecified atom stereocenters. The fourth-order valence-corrected chi connectivity index (χ4v) is 1.53. The molecule has 0 bridgehead atoms. The summed E-state index contributed by atoms with van der Waals surface area (Å²) in [7, 11) is 0. The number of amides is 2. The maximum Gasteiger partial charge on any atom is 0.257 e. The van der Waals surface area contributed by atoms with Crippen molar-refractivity contribution < 1.29 is 9.59 Å². The second-order valence-electron chi connectivity index (χ2n) is 4.06. The lowest BCUT2D eigenvalue weighted by molar-refractivity contribution is -0.118. The minimum absolute atomic E-state index is 0.101. The van der Waals surface area contributed by atoms with Crippen LogP contribution in [0.4, 0.5) is 0 Å². The van der Waals surface area contributed by atoms with E-state index in [1.54, 1.807) is 12.1 Å². The molecule has 3 N–H and O–H groups in total. The largest absolute Gasteiger partial charge is 0.361 e. The zero-order valence-electron chi connectivity index (χ0n) is 10.9. The third-order valence-electron chi connectivity index (χ3n) is 2.33. The highest BCUT2D eigenvalue weighted by atomic mass is 32.1. The Labute approximate surface area is 117 Å². The Morgan fingerprint density at radius 1 is 1.11 bits per heavy atom. The van der Waals surface area contributed by atoms with Crippen molar-refractivity contribution in [3.63, 3.8) is 0 Å². The van der Waals surface area contributed by atoms with Crippen LogP contribution in [0.25, 0.3) is 0 Å². The SMILES string of the molecule is CC(=O)NCCNC(=S)NC(=O)c1ccc(C)cc1. The van der Waals surface area contributed by atoms with Crippen LogP contribution in [0.15, 0.2) is 24.3 Å². The third-order valence-corrected chi connectivity index (χ3v) is 2.57. The van der Waals surface area contributed by atoms with Crippen molar-refractivity contribution in [2.75, 3.05) is 13.1 Å². The summed E-state index contributed by atoms with van der Waals surface area (Å²) in [5.74, 6) is -0.353. The molecule has 0 aliphatic heterocycles. The minimum atomic E-state index is -0.253. The van der Waals surface area contributed by atoms with Crippen molar-refractivity contribution in [3.05, 3.63) is 35.4 Å². The number of carbonyl (C=O) groups excluding carboxylic acids is 2. The molecule has 5 nitrogen and oxygen atoms in total. The number of aryl methyl sites for hydroxylation is 1. The van der Waals surface area contributed by atoms with E-state index >= 15 is 0 Å². The van der Waals surface area contributed by atoms with Crippen LogP contribution in [0.1, 0.15) is 22.8 Å². The fraction of sp³-hybridized carbons (Fsp3) is 0.308. The molecule has 1 aromatic rings. The van der Waals surface area contributed by atoms with E-state index in [1.807, 2.05) is 19.1 Å². The van der Waals surface area contributed by atoms with Gasteiger partial charge in [0.2, 0.25) is 5.91 Å². The number of nitrogens with one attached hydrogen (secondary N) is 3. The van der Waals surface area contributed by atoms with Crippen LogP contribution >= 0.6 is 12.2 Å². The molecule has 0 aliphatic carbocycles. The number of rotatable bonds is 4. The van der Waals surface area contributed by atoms with E-state index in [-0.39, 0.29) is 16.9 Å². The van der Waals surface area contributed by atoms with E-state index in [2.05, 4.69) is 16.0 Å².